The van der Waals surface area contributed by atoms with Gasteiger partial charge in [-0.1, -0.05) is 12.1 Å². The van der Waals surface area contributed by atoms with Gasteiger partial charge in [-0.25, -0.2) is 9.78 Å². The second-order valence-electron chi connectivity index (χ2n) is 6.81. The first kappa shape index (κ1) is 21.7. The number of anilines is 1. The van der Waals surface area contributed by atoms with Gasteiger partial charge in [-0.3, -0.25) is 0 Å². The Labute approximate surface area is 171 Å². The van der Waals surface area contributed by atoms with E-state index in [1.807, 2.05) is 0 Å². The molecule has 0 saturated carbocycles. The summed E-state index contributed by atoms with van der Waals surface area (Å²) in [5.74, 6) is -0.0861. The molecule has 1 aromatic heterocycles. The molecule has 1 fully saturated rings. The number of ether oxygens (including phenoxy) is 2. The van der Waals surface area contributed by atoms with Crippen LogP contribution in [-0.2, 0) is 5.60 Å². The fraction of sp³-hybridized carbons (Fsp3) is 0.400. The number of pyridine rings is 1. The van der Waals surface area contributed by atoms with Crippen molar-refractivity contribution in [1.82, 2.24) is 9.88 Å². The molecule has 0 bridgehead atoms. The average Bonchev–Trinajstić information content (AvgIpc) is 2.69. The predicted octanol–water partition coefficient (Wildman–Crippen LogP) is 3.89. The molecule has 30 heavy (non-hydrogen) atoms. The van der Waals surface area contributed by atoms with Gasteiger partial charge >= 0.3 is 12.4 Å². The largest absolute Gasteiger partial charge is 0.573 e. The number of carbonyl (C=O) groups is 1. The summed E-state index contributed by atoms with van der Waals surface area (Å²) >= 11 is 0. The first-order chi connectivity index (χ1) is 14.2. The first-order valence-electron chi connectivity index (χ1n) is 9.42. The van der Waals surface area contributed by atoms with Crippen LogP contribution in [0, 0.1) is 0 Å². The van der Waals surface area contributed by atoms with Crippen molar-refractivity contribution in [3.63, 3.8) is 0 Å². The van der Waals surface area contributed by atoms with E-state index in [-0.39, 0.29) is 32.0 Å². The molecule has 3 rings (SSSR count). The van der Waals surface area contributed by atoms with Crippen LogP contribution in [-0.4, -0.2) is 47.1 Å². The summed E-state index contributed by atoms with van der Waals surface area (Å²) < 4.78 is 46.7. The fourth-order valence-corrected chi connectivity index (χ4v) is 3.28. The number of rotatable bonds is 5. The molecule has 162 valence electrons. The third-order valence-electron chi connectivity index (χ3n) is 4.78. The molecule has 2 heterocycles. The second-order valence-corrected chi connectivity index (χ2v) is 6.81. The van der Waals surface area contributed by atoms with E-state index in [0.717, 1.165) is 0 Å². The number of aliphatic hydroxyl groups is 1. The number of urea groups is 1. The Bertz CT molecular complexity index is 884. The summed E-state index contributed by atoms with van der Waals surface area (Å²) in [6.45, 7) is 2.64. The lowest BCUT2D eigenvalue weighted by Crippen LogP contribution is -2.46. The zero-order chi connectivity index (χ0) is 21.8. The van der Waals surface area contributed by atoms with E-state index in [1.165, 1.54) is 23.1 Å². The summed E-state index contributed by atoms with van der Waals surface area (Å²) in [6, 6.07) is 8.25. The normalized spacial score (nSPS) is 16.1. The third kappa shape index (κ3) is 5.32. The van der Waals surface area contributed by atoms with Crippen LogP contribution in [0.5, 0.6) is 11.6 Å². The van der Waals surface area contributed by atoms with Crippen LogP contribution in [0.3, 0.4) is 0 Å². The van der Waals surface area contributed by atoms with Crippen molar-refractivity contribution in [3.8, 4) is 11.6 Å². The van der Waals surface area contributed by atoms with Crippen molar-refractivity contribution in [2.24, 2.45) is 0 Å². The molecular formula is C20H22F3N3O4. The number of benzene rings is 1. The highest BCUT2D eigenvalue weighted by molar-refractivity contribution is 5.90. The van der Waals surface area contributed by atoms with Gasteiger partial charge in [0.25, 0.3) is 0 Å². The van der Waals surface area contributed by atoms with E-state index in [4.69, 9.17) is 4.74 Å². The maximum Gasteiger partial charge on any atom is 0.573 e. The van der Waals surface area contributed by atoms with E-state index in [9.17, 15) is 23.1 Å². The number of alkyl halides is 3. The SMILES string of the molecule is CCOc1ncccc1NC(=O)N1CCC(O)(c2cccc(OC(F)(F)F)c2)CC1. The molecule has 0 radical (unpaired) electrons. The Balaban J connectivity index is 1.64. The zero-order valence-electron chi connectivity index (χ0n) is 16.3. The Morgan fingerprint density at radius 1 is 1.27 bits per heavy atom. The highest BCUT2D eigenvalue weighted by atomic mass is 19.4. The van der Waals surface area contributed by atoms with Crippen LogP contribution in [0.4, 0.5) is 23.7 Å². The van der Waals surface area contributed by atoms with E-state index in [1.54, 1.807) is 31.3 Å². The number of carbonyl (C=O) groups excluding carboxylic acids is 1. The number of nitrogens with one attached hydrogen (secondary N) is 1. The first-order valence-corrected chi connectivity index (χ1v) is 9.42. The number of amides is 2. The van der Waals surface area contributed by atoms with Gasteiger partial charge in [-0.05, 0) is 49.6 Å². The van der Waals surface area contributed by atoms with Gasteiger partial charge in [0, 0.05) is 19.3 Å². The van der Waals surface area contributed by atoms with Crippen LogP contribution in [0.1, 0.15) is 25.3 Å². The number of likely N-dealkylation sites (tertiary alicyclic amines) is 1. The van der Waals surface area contributed by atoms with Crippen molar-refractivity contribution in [1.29, 1.82) is 0 Å². The van der Waals surface area contributed by atoms with Crippen LogP contribution in [0.25, 0.3) is 0 Å². The van der Waals surface area contributed by atoms with Gasteiger partial charge in [-0.15, -0.1) is 13.2 Å². The van der Waals surface area contributed by atoms with Gasteiger partial charge < -0.3 is 24.8 Å². The molecule has 0 spiro atoms. The summed E-state index contributed by atoms with van der Waals surface area (Å²) in [7, 11) is 0. The molecule has 0 aliphatic carbocycles. The van der Waals surface area contributed by atoms with Crippen LogP contribution in [0.15, 0.2) is 42.6 Å². The smallest absolute Gasteiger partial charge is 0.476 e. The molecule has 1 aliphatic heterocycles. The van der Waals surface area contributed by atoms with Crippen molar-refractivity contribution in [2.75, 3.05) is 25.0 Å². The molecule has 1 aliphatic rings. The number of nitrogens with zero attached hydrogens (tertiary/aromatic N) is 2. The molecule has 2 N–H and O–H groups in total. The van der Waals surface area contributed by atoms with Crippen molar-refractivity contribution < 1.29 is 32.5 Å². The Morgan fingerprint density at radius 3 is 2.67 bits per heavy atom. The lowest BCUT2D eigenvalue weighted by Gasteiger charge is -2.38. The van der Waals surface area contributed by atoms with Crippen LogP contribution in [0.2, 0.25) is 0 Å². The van der Waals surface area contributed by atoms with E-state index in [2.05, 4.69) is 15.0 Å². The summed E-state index contributed by atoms with van der Waals surface area (Å²) in [4.78, 5) is 18.2. The standard InChI is InChI=1S/C20H22F3N3O4/c1-2-29-17-16(7-4-10-24-17)25-18(27)26-11-8-19(28,9-12-26)14-5-3-6-15(13-14)30-20(21,22)23/h3-7,10,13,28H,2,8-9,11-12H2,1H3,(H,25,27). The quantitative estimate of drug-likeness (QED) is 0.759. The van der Waals surface area contributed by atoms with Crippen molar-refractivity contribution in [3.05, 3.63) is 48.2 Å². The summed E-state index contributed by atoms with van der Waals surface area (Å²) in [6.07, 6.45) is -2.92. The van der Waals surface area contributed by atoms with Gasteiger partial charge in [0.05, 0.1) is 12.2 Å². The molecule has 10 heteroatoms. The molecule has 0 unspecified atom stereocenters. The highest BCUT2D eigenvalue weighted by Crippen LogP contribution is 2.35. The van der Waals surface area contributed by atoms with E-state index >= 15 is 0 Å². The zero-order valence-corrected chi connectivity index (χ0v) is 16.3. The summed E-state index contributed by atoms with van der Waals surface area (Å²) in [5, 5.41) is 13.7. The maximum absolute atomic E-state index is 12.6. The van der Waals surface area contributed by atoms with Crippen LogP contribution < -0.4 is 14.8 Å². The van der Waals surface area contributed by atoms with Gasteiger partial charge in [-0.2, -0.15) is 0 Å². The van der Waals surface area contributed by atoms with Gasteiger partial charge in [0.1, 0.15) is 11.4 Å². The molecule has 1 aromatic carbocycles. The number of piperidine rings is 1. The van der Waals surface area contributed by atoms with E-state index in [0.29, 0.717) is 23.7 Å². The minimum atomic E-state index is -4.81. The average molecular weight is 425 g/mol. The molecule has 7 nitrogen and oxygen atoms in total. The van der Waals surface area contributed by atoms with E-state index < -0.39 is 17.7 Å². The number of halogens is 3. The van der Waals surface area contributed by atoms with Crippen molar-refractivity contribution >= 4 is 11.7 Å². The van der Waals surface area contributed by atoms with Gasteiger partial charge in [0.15, 0.2) is 0 Å². The number of hydrogen-bond donors (Lipinski definition) is 2. The highest BCUT2D eigenvalue weighted by Gasteiger charge is 2.37. The minimum absolute atomic E-state index is 0.168. The monoisotopic (exact) mass is 425 g/mol. The number of aromatic nitrogens is 1. The molecule has 1 saturated heterocycles. The Morgan fingerprint density at radius 2 is 2.00 bits per heavy atom. The molecule has 0 atom stereocenters. The van der Waals surface area contributed by atoms with Crippen molar-refractivity contribution in [2.45, 2.75) is 31.7 Å². The summed E-state index contributed by atoms with van der Waals surface area (Å²) in [5.41, 5.74) is -0.607. The van der Waals surface area contributed by atoms with Crippen LogP contribution >= 0.6 is 0 Å². The Kier molecular flexibility index (Phi) is 6.35. The fourth-order valence-electron chi connectivity index (χ4n) is 3.28. The number of hydrogen-bond acceptors (Lipinski definition) is 5. The van der Waals surface area contributed by atoms with Gasteiger partial charge in [0.2, 0.25) is 5.88 Å². The maximum atomic E-state index is 12.6. The predicted molar refractivity (Wildman–Crippen MR) is 102 cm³/mol. The third-order valence-corrected chi connectivity index (χ3v) is 4.78. The lowest BCUT2D eigenvalue weighted by atomic mass is 9.84. The molecular weight excluding hydrogens is 403 g/mol. The molecule has 2 aromatic rings. The Hall–Kier alpha value is -3.01. The lowest BCUT2D eigenvalue weighted by molar-refractivity contribution is -0.274. The topological polar surface area (TPSA) is 83.9 Å². The minimum Gasteiger partial charge on any atom is -0.476 e. The second kappa shape index (κ2) is 8.78. The molecule has 2 amide bonds.